The summed E-state index contributed by atoms with van der Waals surface area (Å²) >= 11 is 3.26. The second kappa shape index (κ2) is 4.70. The summed E-state index contributed by atoms with van der Waals surface area (Å²) in [5.74, 6) is -0.916. The summed E-state index contributed by atoms with van der Waals surface area (Å²) in [6.45, 7) is 0. The van der Waals surface area contributed by atoms with Gasteiger partial charge in [0.2, 0.25) is 0 Å². The third-order valence-corrected chi connectivity index (χ3v) is 3.23. The van der Waals surface area contributed by atoms with Crippen molar-refractivity contribution in [3.05, 3.63) is 40.4 Å². The number of carboxylic acids is 1. The molecule has 1 aromatic rings. The molecular formula is C12H12BrNO2. The number of halogens is 1. The fourth-order valence-corrected chi connectivity index (χ4v) is 2.30. The lowest BCUT2D eigenvalue weighted by Gasteiger charge is -2.14. The maximum Gasteiger partial charge on any atom is 0.336 e. The van der Waals surface area contributed by atoms with Crippen molar-refractivity contribution < 1.29 is 9.90 Å². The van der Waals surface area contributed by atoms with Crippen LogP contribution in [0.2, 0.25) is 0 Å². The zero-order valence-corrected chi connectivity index (χ0v) is 10.2. The number of anilines is 1. The Morgan fingerprint density at radius 2 is 2.06 bits per heavy atom. The molecule has 2 N–H and O–H groups in total. The number of carbonyl (C=O) groups is 1. The number of aromatic carboxylic acids is 1. The lowest BCUT2D eigenvalue weighted by molar-refractivity contribution is 0.0696. The minimum atomic E-state index is -0.916. The van der Waals surface area contributed by atoms with Gasteiger partial charge >= 0.3 is 5.97 Å². The molecule has 84 valence electrons. The Morgan fingerprint density at radius 3 is 2.62 bits per heavy atom. The van der Waals surface area contributed by atoms with E-state index in [-0.39, 0.29) is 5.56 Å². The van der Waals surface area contributed by atoms with E-state index in [0.29, 0.717) is 10.5 Å². The largest absolute Gasteiger partial charge is 0.478 e. The van der Waals surface area contributed by atoms with Crippen molar-refractivity contribution in [2.75, 3.05) is 5.32 Å². The Bertz CT molecular complexity index is 435. The van der Waals surface area contributed by atoms with Crippen LogP contribution in [0.3, 0.4) is 0 Å². The van der Waals surface area contributed by atoms with Gasteiger partial charge in [-0.2, -0.15) is 0 Å². The zero-order valence-electron chi connectivity index (χ0n) is 8.61. The minimum Gasteiger partial charge on any atom is -0.478 e. The van der Waals surface area contributed by atoms with Crippen molar-refractivity contribution in [1.29, 1.82) is 0 Å². The Morgan fingerprint density at radius 1 is 1.38 bits per heavy atom. The van der Waals surface area contributed by atoms with Crippen LogP contribution in [0.1, 0.15) is 23.2 Å². The third kappa shape index (κ3) is 2.44. The van der Waals surface area contributed by atoms with Crippen LogP contribution >= 0.6 is 15.9 Å². The molecular weight excluding hydrogens is 270 g/mol. The van der Waals surface area contributed by atoms with E-state index in [1.165, 1.54) is 0 Å². The molecule has 0 unspecified atom stereocenters. The van der Waals surface area contributed by atoms with Crippen LogP contribution in [0.25, 0.3) is 0 Å². The van der Waals surface area contributed by atoms with E-state index in [4.69, 9.17) is 5.11 Å². The molecule has 0 radical (unpaired) electrons. The Hall–Kier alpha value is -1.29. The lowest BCUT2D eigenvalue weighted by Crippen LogP contribution is -2.15. The van der Waals surface area contributed by atoms with Crippen molar-refractivity contribution in [3.8, 4) is 0 Å². The van der Waals surface area contributed by atoms with E-state index in [9.17, 15) is 4.79 Å². The summed E-state index contributed by atoms with van der Waals surface area (Å²) in [7, 11) is 0. The first-order valence-corrected chi connectivity index (χ1v) is 5.90. The number of benzene rings is 1. The van der Waals surface area contributed by atoms with Crippen LogP contribution in [0, 0.1) is 0 Å². The molecule has 0 saturated carbocycles. The van der Waals surface area contributed by atoms with Crippen LogP contribution in [0.15, 0.2) is 34.8 Å². The van der Waals surface area contributed by atoms with Gasteiger partial charge in [0, 0.05) is 16.2 Å². The van der Waals surface area contributed by atoms with Gasteiger partial charge < -0.3 is 10.4 Å². The maximum atomic E-state index is 10.8. The second-order valence-electron chi connectivity index (χ2n) is 3.78. The number of hydrogen-bond donors (Lipinski definition) is 2. The molecule has 4 heteroatoms. The van der Waals surface area contributed by atoms with Crippen molar-refractivity contribution in [3.63, 3.8) is 0 Å². The van der Waals surface area contributed by atoms with Crippen LogP contribution in [0.5, 0.6) is 0 Å². The monoisotopic (exact) mass is 281 g/mol. The average molecular weight is 282 g/mol. The second-order valence-corrected chi connectivity index (χ2v) is 4.64. The van der Waals surface area contributed by atoms with Gasteiger partial charge in [-0.1, -0.05) is 12.2 Å². The fraction of sp³-hybridized carbons (Fsp3) is 0.250. The summed E-state index contributed by atoms with van der Waals surface area (Å²) < 4.78 is 0.607. The lowest BCUT2D eigenvalue weighted by atomic mass is 10.2. The Kier molecular flexibility index (Phi) is 3.29. The molecule has 0 atom stereocenters. The molecule has 0 bridgehead atoms. The molecule has 0 aromatic heterocycles. The van der Waals surface area contributed by atoms with E-state index >= 15 is 0 Å². The smallest absolute Gasteiger partial charge is 0.336 e. The molecule has 1 aromatic carbocycles. The van der Waals surface area contributed by atoms with Gasteiger partial charge in [-0.05, 0) is 47.0 Å². The molecule has 2 rings (SSSR count). The summed E-state index contributed by atoms with van der Waals surface area (Å²) in [6.07, 6.45) is 6.35. The van der Waals surface area contributed by atoms with E-state index < -0.39 is 5.97 Å². The van der Waals surface area contributed by atoms with E-state index in [1.54, 1.807) is 12.1 Å². The standard InChI is InChI=1S/C12H12BrNO2/c13-11-7-9(5-6-10(11)12(15)16)14-8-3-1-2-4-8/h1-2,5-8,14H,3-4H2,(H,15,16). The van der Waals surface area contributed by atoms with Crippen LogP contribution in [-0.4, -0.2) is 17.1 Å². The number of nitrogens with one attached hydrogen (secondary N) is 1. The number of hydrogen-bond acceptors (Lipinski definition) is 2. The SMILES string of the molecule is O=C(O)c1ccc(NC2CC=CC2)cc1Br. The predicted molar refractivity (Wildman–Crippen MR) is 66.9 cm³/mol. The minimum absolute atomic E-state index is 0.287. The molecule has 0 heterocycles. The number of carboxylic acid groups (broad SMARTS) is 1. The van der Waals surface area contributed by atoms with Crippen LogP contribution in [-0.2, 0) is 0 Å². The van der Waals surface area contributed by atoms with E-state index in [2.05, 4.69) is 33.4 Å². The quantitative estimate of drug-likeness (QED) is 0.836. The molecule has 1 aliphatic rings. The third-order valence-electron chi connectivity index (χ3n) is 2.58. The fourth-order valence-electron chi connectivity index (χ4n) is 1.75. The van der Waals surface area contributed by atoms with E-state index in [0.717, 1.165) is 18.5 Å². The van der Waals surface area contributed by atoms with Gasteiger partial charge in [0.1, 0.15) is 0 Å². The molecule has 0 fully saturated rings. The zero-order chi connectivity index (χ0) is 11.5. The Balaban J connectivity index is 2.11. The first-order valence-electron chi connectivity index (χ1n) is 5.11. The highest BCUT2D eigenvalue weighted by Gasteiger charge is 2.12. The first-order chi connectivity index (χ1) is 7.66. The first kappa shape index (κ1) is 11.2. The van der Waals surface area contributed by atoms with Gasteiger partial charge in [-0.15, -0.1) is 0 Å². The number of rotatable bonds is 3. The summed E-state index contributed by atoms with van der Waals surface area (Å²) in [6, 6.07) is 5.65. The average Bonchev–Trinajstić information content (AvgIpc) is 2.70. The molecule has 16 heavy (non-hydrogen) atoms. The summed E-state index contributed by atoms with van der Waals surface area (Å²) in [4.78, 5) is 10.8. The normalized spacial score (nSPS) is 15.3. The summed E-state index contributed by atoms with van der Waals surface area (Å²) in [5, 5.41) is 12.2. The van der Waals surface area contributed by atoms with Gasteiger partial charge in [0.25, 0.3) is 0 Å². The molecule has 0 aliphatic heterocycles. The highest BCUT2D eigenvalue weighted by atomic mass is 79.9. The van der Waals surface area contributed by atoms with Gasteiger partial charge in [-0.3, -0.25) is 0 Å². The molecule has 0 saturated heterocycles. The van der Waals surface area contributed by atoms with Crippen LogP contribution < -0.4 is 5.32 Å². The predicted octanol–water partition coefficient (Wildman–Crippen LogP) is 3.28. The topological polar surface area (TPSA) is 49.3 Å². The van der Waals surface area contributed by atoms with E-state index in [1.807, 2.05) is 6.07 Å². The molecule has 0 amide bonds. The molecule has 1 aliphatic carbocycles. The maximum absolute atomic E-state index is 10.8. The van der Waals surface area contributed by atoms with Crippen molar-refractivity contribution in [2.24, 2.45) is 0 Å². The molecule has 0 spiro atoms. The molecule has 3 nitrogen and oxygen atoms in total. The highest BCUT2D eigenvalue weighted by Crippen LogP contribution is 2.24. The van der Waals surface area contributed by atoms with Crippen LogP contribution in [0.4, 0.5) is 5.69 Å². The van der Waals surface area contributed by atoms with Crippen molar-refractivity contribution in [1.82, 2.24) is 0 Å². The van der Waals surface area contributed by atoms with Gasteiger partial charge in [-0.25, -0.2) is 4.79 Å². The summed E-state index contributed by atoms with van der Waals surface area (Å²) in [5.41, 5.74) is 1.24. The van der Waals surface area contributed by atoms with Crippen molar-refractivity contribution in [2.45, 2.75) is 18.9 Å². The van der Waals surface area contributed by atoms with Crippen molar-refractivity contribution >= 4 is 27.6 Å². The van der Waals surface area contributed by atoms with Gasteiger partial charge in [0.15, 0.2) is 0 Å². The van der Waals surface area contributed by atoms with Gasteiger partial charge in [0.05, 0.1) is 5.56 Å². The Labute approximate surface area is 102 Å². The highest BCUT2D eigenvalue weighted by molar-refractivity contribution is 9.10.